The molecular weight excluding hydrogens is 492 g/mol. The minimum Gasteiger partial charge on any atom is -0.484 e. The van der Waals surface area contributed by atoms with Gasteiger partial charge in [-0.3, -0.25) is 19.9 Å². The van der Waals surface area contributed by atoms with Gasteiger partial charge in [-0.25, -0.2) is 9.97 Å². The smallest absolute Gasteiger partial charge is 0.283 e. The molecule has 9 N–H and O–H groups in total. The van der Waals surface area contributed by atoms with Gasteiger partial charge in [-0.1, -0.05) is 23.7 Å². The molecule has 14 heteroatoms. The number of hydrogen-bond acceptors (Lipinski definition) is 10. The molecule has 0 saturated heterocycles. The number of anilines is 2. The minimum absolute atomic E-state index is 0.103. The highest BCUT2D eigenvalue weighted by Gasteiger charge is 2.24. The lowest BCUT2D eigenvalue weighted by atomic mass is 10.1. The number of nitrogen functional groups attached to an aromatic ring is 2. The van der Waals surface area contributed by atoms with Gasteiger partial charge in [-0.05, 0) is 37.0 Å². The lowest BCUT2D eigenvalue weighted by Crippen LogP contribution is -2.42. The van der Waals surface area contributed by atoms with Gasteiger partial charge in [0.2, 0.25) is 0 Å². The predicted octanol–water partition coefficient (Wildman–Crippen LogP) is -0.155. The standard InChI is InChI=1S/C22H31ClN8O5/c23-18-20(25)29-19(24)17(28-18)21(35)31(22(26)27)8-2-1-3-14-4-6-15(7-5-14)36-13-16(34)30(9-11-32)10-12-33/h4-7,32-33H,1-3,8-13H2,(H3,26,27)(H4,24,25,29). The Balaban J connectivity index is 1.85. The van der Waals surface area contributed by atoms with E-state index < -0.39 is 11.9 Å². The number of rotatable bonds is 13. The molecule has 2 rings (SSSR count). The van der Waals surface area contributed by atoms with E-state index in [1.165, 1.54) is 4.90 Å². The van der Waals surface area contributed by atoms with Gasteiger partial charge in [0.15, 0.2) is 35.0 Å². The normalized spacial score (nSPS) is 10.6. The second kappa shape index (κ2) is 14.0. The molecule has 13 nitrogen and oxygen atoms in total. The summed E-state index contributed by atoms with van der Waals surface area (Å²) in [6, 6.07) is 7.20. The zero-order chi connectivity index (χ0) is 26.7. The molecule has 0 atom stereocenters. The molecule has 1 aromatic carbocycles. The van der Waals surface area contributed by atoms with Crippen molar-refractivity contribution in [2.45, 2.75) is 19.3 Å². The number of ether oxygens (including phenoxy) is 1. The number of carbonyl (C=O) groups is 2. The highest BCUT2D eigenvalue weighted by atomic mass is 35.5. The lowest BCUT2D eigenvalue weighted by Gasteiger charge is -2.21. The molecule has 0 fully saturated rings. The van der Waals surface area contributed by atoms with Gasteiger partial charge in [0.05, 0.1) is 13.2 Å². The first-order valence-corrected chi connectivity index (χ1v) is 11.5. The highest BCUT2D eigenvalue weighted by molar-refractivity contribution is 6.31. The van der Waals surface area contributed by atoms with Crippen molar-refractivity contribution in [3.8, 4) is 5.75 Å². The Morgan fingerprint density at radius 2 is 1.64 bits per heavy atom. The summed E-state index contributed by atoms with van der Waals surface area (Å²) in [6.45, 7) is -0.180. The van der Waals surface area contributed by atoms with Crippen LogP contribution in [-0.4, -0.2) is 87.2 Å². The third-order valence-electron chi connectivity index (χ3n) is 5.12. The molecular formula is C22H31ClN8O5. The number of hydrogen-bond donors (Lipinski definition) is 6. The van der Waals surface area contributed by atoms with Gasteiger partial charge in [0.25, 0.3) is 11.8 Å². The first-order chi connectivity index (χ1) is 17.2. The number of nitrogens with zero attached hydrogens (tertiary/aromatic N) is 4. The van der Waals surface area contributed by atoms with E-state index in [1.807, 2.05) is 12.1 Å². The fourth-order valence-electron chi connectivity index (χ4n) is 3.25. The third kappa shape index (κ3) is 8.22. The van der Waals surface area contributed by atoms with Crippen molar-refractivity contribution in [3.63, 3.8) is 0 Å². The molecule has 1 aromatic heterocycles. The first-order valence-electron chi connectivity index (χ1n) is 11.1. The van der Waals surface area contributed by atoms with Gasteiger partial charge < -0.3 is 37.1 Å². The Bertz CT molecular complexity index is 1050. The predicted molar refractivity (Wildman–Crippen MR) is 134 cm³/mol. The van der Waals surface area contributed by atoms with E-state index in [0.717, 1.165) is 10.5 Å². The molecule has 36 heavy (non-hydrogen) atoms. The first kappa shape index (κ1) is 28.6. The van der Waals surface area contributed by atoms with Crippen LogP contribution in [0.1, 0.15) is 28.9 Å². The Kier molecular flexibility index (Phi) is 11.1. The average Bonchev–Trinajstić information content (AvgIpc) is 2.84. The maximum Gasteiger partial charge on any atom is 0.283 e. The van der Waals surface area contributed by atoms with Crippen LogP contribution in [0.4, 0.5) is 11.6 Å². The molecule has 2 amide bonds. The van der Waals surface area contributed by atoms with Crippen LogP contribution in [0.3, 0.4) is 0 Å². The molecule has 0 aliphatic heterocycles. The number of aryl methyl sites for hydroxylation is 1. The molecule has 1 heterocycles. The van der Waals surface area contributed by atoms with Crippen LogP contribution in [-0.2, 0) is 11.2 Å². The largest absolute Gasteiger partial charge is 0.484 e. The molecule has 2 aromatic rings. The quantitative estimate of drug-likeness (QED) is 0.116. The number of amides is 2. The van der Waals surface area contributed by atoms with Gasteiger partial charge in [-0.2, -0.15) is 0 Å². The zero-order valence-corrected chi connectivity index (χ0v) is 20.4. The zero-order valence-electron chi connectivity index (χ0n) is 19.7. The second-order valence-electron chi connectivity index (χ2n) is 7.69. The number of halogens is 1. The number of unbranched alkanes of at least 4 members (excludes halogenated alkanes) is 1. The summed E-state index contributed by atoms with van der Waals surface area (Å²) < 4.78 is 5.50. The van der Waals surface area contributed by atoms with E-state index in [1.54, 1.807) is 12.1 Å². The number of nitrogens with two attached hydrogens (primary N) is 3. The monoisotopic (exact) mass is 522 g/mol. The minimum atomic E-state index is -0.693. The summed E-state index contributed by atoms with van der Waals surface area (Å²) in [5.41, 5.74) is 17.6. The van der Waals surface area contributed by atoms with Gasteiger partial charge in [-0.15, -0.1) is 0 Å². The van der Waals surface area contributed by atoms with Crippen molar-refractivity contribution < 1.29 is 24.5 Å². The van der Waals surface area contributed by atoms with E-state index in [4.69, 9.17) is 49.2 Å². The van der Waals surface area contributed by atoms with Crippen LogP contribution in [0.5, 0.6) is 5.75 Å². The lowest BCUT2D eigenvalue weighted by molar-refractivity contribution is -0.134. The number of benzene rings is 1. The van der Waals surface area contributed by atoms with Crippen molar-refractivity contribution in [1.82, 2.24) is 19.8 Å². The Morgan fingerprint density at radius 3 is 2.22 bits per heavy atom. The molecule has 0 aliphatic rings. The topological polar surface area (TPSA) is 218 Å². The Morgan fingerprint density at radius 1 is 1.00 bits per heavy atom. The Labute approximate surface area is 213 Å². The summed E-state index contributed by atoms with van der Waals surface area (Å²) in [5.74, 6) is -1.28. The maximum absolute atomic E-state index is 12.8. The van der Waals surface area contributed by atoms with Crippen molar-refractivity contribution in [2.24, 2.45) is 5.73 Å². The number of guanidine groups is 1. The van der Waals surface area contributed by atoms with Crippen LogP contribution in [0.15, 0.2) is 24.3 Å². The summed E-state index contributed by atoms with van der Waals surface area (Å²) in [5, 5.41) is 25.6. The molecule has 0 bridgehead atoms. The highest BCUT2D eigenvalue weighted by Crippen LogP contribution is 2.19. The Hall–Kier alpha value is -3.68. The van der Waals surface area contributed by atoms with Crippen LogP contribution in [0.25, 0.3) is 0 Å². The second-order valence-corrected chi connectivity index (χ2v) is 8.05. The third-order valence-corrected chi connectivity index (χ3v) is 5.40. The number of aliphatic hydroxyl groups excluding tert-OH is 2. The van der Waals surface area contributed by atoms with E-state index in [9.17, 15) is 9.59 Å². The van der Waals surface area contributed by atoms with Gasteiger partial charge in [0.1, 0.15) is 5.75 Å². The molecule has 0 aliphatic carbocycles. The molecule has 0 spiro atoms. The van der Waals surface area contributed by atoms with Crippen LogP contribution < -0.4 is 21.9 Å². The molecule has 0 saturated carbocycles. The molecule has 196 valence electrons. The number of aromatic nitrogens is 2. The maximum atomic E-state index is 12.8. The fourth-order valence-corrected chi connectivity index (χ4v) is 3.38. The van der Waals surface area contributed by atoms with Crippen LogP contribution >= 0.6 is 11.6 Å². The molecule has 0 radical (unpaired) electrons. The summed E-state index contributed by atoms with van der Waals surface area (Å²) >= 11 is 5.84. The van der Waals surface area contributed by atoms with E-state index in [0.29, 0.717) is 25.0 Å². The SMILES string of the molecule is N=C(N)N(CCCCc1ccc(OCC(=O)N(CCO)CCO)cc1)C(=O)c1nc(Cl)c(N)nc1N. The van der Waals surface area contributed by atoms with Crippen molar-refractivity contribution in [1.29, 1.82) is 5.41 Å². The van der Waals surface area contributed by atoms with Gasteiger partial charge in [0, 0.05) is 19.6 Å². The van der Waals surface area contributed by atoms with Crippen molar-refractivity contribution in [3.05, 3.63) is 40.7 Å². The number of carbonyl (C=O) groups excluding carboxylic acids is 2. The van der Waals surface area contributed by atoms with Crippen LogP contribution in [0, 0.1) is 5.41 Å². The summed E-state index contributed by atoms with van der Waals surface area (Å²) in [4.78, 5) is 34.9. The molecule has 0 unspecified atom stereocenters. The van der Waals surface area contributed by atoms with Crippen LogP contribution in [0.2, 0.25) is 5.15 Å². The number of nitrogens with one attached hydrogen (secondary N) is 1. The van der Waals surface area contributed by atoms with Gasteiger partial charge >= 0.3 is 0 Å². The van der Waals surface area contributed by atoms with E-state index >= 15 is 0 Å². The van der Waals surface area contributed by atoms with E-state index in [2.05, 4.69) is 9.97 Å². The average molecular weight is 523 g/mol. The van der Waals surface area contributed by atoms with Crippen molar-refractivity contribution in [2.75, 3.05) is 50.9 Å². The van der Waals surface area contributed by atoms with Crippen molar-refractivity contribution >= 4 is 41.0 Å². The number of aliphatic hydroxyl groups is 2. The fraction of sp³-hybridized carbons (Fsp3) is 0.409. The summed E-state index contributed by atoms with van der Waals surface area (Å²) in [7, 11) is 0. The summed E-state index contributed by atoms with van der Waals surface area (Å²) in [6.07, 6.45) is 1.92. The van der Waals surface area contributed by atoms with E-state index in [-0.39, 0.29) is 67.8 Å².